The summed E-state index contributed by atoms with van der Waals surface area (Å²) in [5.74, 6) is -0.0897. The van der Waals surface area contributed by atoms with Gasteiger partial charge in [-0.3, -0.25) is 4.79 Å². The maximum absolute atomic E-state index is 11.7. The lowest BCUT2D eigenvalue weighted by Gasteiger charge is -2.24. The van der Waals surface area contributed by atoms with E-state index in [0.717, 1.165) is 19.3 Å². The van der Waals surface area contributed by atoms with Gasteiger partial charge in [0.05, 0.1) is 5.41 Å². The second-order valence-electron chi connectivity index (χ2n) is 5.87. The van der Waals surface area contributed by atoms with Gasteiger partial charge in [0.15, 0.2) is 0 Å². The van der Waals surface area contributed by atoms with Crippen molar-refractivity contribution >= 4 is 27.4 Å². The molecule has 2 aromatic rings. The molecule has 0 bridgehead atoms. The molecule has 0 spiro atoms. The van der Waals surface area contributed by atoms with Gasteiger partial charge in [-0.25, -0.2) is 0 Å². The Balaban J connectivity index is 1.97. The van der Waals surface area contributed by atoms with Crippen LogP contribution in [0.2, 0.25) is 0 Å². The number of carboxylic acid groups (broad SMARTS) is 1. The molecule has 1 aliphatic rings. The summed E-state index contributed by atoms with van der Waals surface area (Å²) in [6.07, 6.45) is 3.34. The van der Waals surface area contributed by atoms with E-state index in [2.05, 4.69) is 24.4 Å². The number of aliphatic carboxylic acids is 1. The molecule has 1 aromatic heterocycles. The quantitative estimate of drug-likeness (QED) is 0.904. The van der Waals surface area contributed by atoms with Crippen molar-refractivity contribution in [3.05, 3.63) is 35.2 Å². The molecule has 0 saturated heterocycles. The molecule has 1 saturated carbocycles. The van der Waals surface area contributed by atoms with Gasteiger partial charge < -0.3 is 5.11 Å². The van der Waals surface area contributed by atoms with Gasteiger partial charge in [-0.2, -0.15) is 0 Å². The van der Waals surface area contributed by atoms with Gasteiger partial charge in [0, 0.05) is 4.70 Å². The summed E-state index contributed by atoms with van der Waals surface area (Å²) in [5.41, 5.74) is 0.667. The van der Waals surface area contributed by atoms with Crippen LogP contribution in [0.5, 0.6) is 0 Å². The molecule has 1 aliphatic carbocycles. The fourth-order valence-corrected chi connectivity index (χ4v) is 4.32. The van der Waals surface area contributed by atoms with E-state index in [0.29, 0.717) is 12.3 Å². The molecular weight excluding hydrogens is 256 g/mol. The van der Waals surface area contributed by atoms with E-state index in [9.17, 15) is 9.90 Å². The Kier molecular flexibility index (Phi) is 3.09. The molecular formula is C16H18O2S. The second-order valence-corrected chi connectivity index (χ2v) is 6.78. The molecule has 19 heavy (non-hydrogen) atoms. The molecule has 0 aliphatic heterocycles. The number of hydrogen-bond acceptors (Lipinski definition) is 2. The van der Waals surface area contributed by atoms with Gasteiger partial charge in [0.25, 0.3) is 0 Å². The van der Waals surface area contributed by atoms with E-state index in [4.69, 9.17) is 0 Å². The third-order valence-corrected chi connectivity index (χ3v) is 5.41. The molecule has 1 heterocycles. The first-order valence-electron chi connectivity index (χ1n) is 6.79. The Labute approximate surface area is 117 Å². The van der Waals surface area contributed by atoms with Crippen molar-refractivity contribution in [1.82, 2.24) is 0 Å². The van der Waals surface area contributed by atoms with E-state index in [1.807, 2.05) is 12.1 Å². The van der Waals surface area contributed by atoms with E-state index in [1.165, 1.54) is 15.6 Å². The highest BCUT2D eigenvalue weighted by atomic mass is 32.1. The molecule has 1 N–H and O–H groups in total. The summed E-state index contributed by atoms with van der Waals surface area (Å²) >= 11 is 1.72. The monoisotopic (exact) mass is 274 g/mol. The minimum atomic E-state index is -0.618. The third kappa shape index (κ3) is 2.16. The fourth-order valence-electron chi connectivity index (χ4n) is 3.36. The summed E-state index contributed by atoms with van der Waals surface area (Å²) in [5, 5.41) is 13.0. The first-order chi connectivity index (χ1) is 9.11. The minimum Gasteiger partial charge on any atom is -0.481 e. The normalized spacial score (nSPS) is 26.9. The van der Waals surface area contributed by atoms with Crippen molar-refractivity contribution in [2.45, 2.75) is 32.6 Å². The Hall–Kier alpha value is -1.35. The highest BCUT2D eigenvalue weighted by molar-refractivity contribution is 7.17. The predicted octanol–water partition coefficient (Wildman–Crippen LogP) is 4.33. The van der Waals surface area contributed by atoms with E-state index >= 15 is 0 Å². The largest absolute Gasteiger partial charge is 0.481 e. The van der Waals surface area contributed by atoms with Crippen molar-refractivity contribution in [2.24, 2.45) is 11.3 Å². The van der Waals surface area contributed by atoms with Crippen molar-refractivity contribution in [3.8, 4) is 0 Å². The van der Waals surface area contributed by atoms with Crippen LogP contribution in [-0.2, 0) is 11.2 Å². The van der Waals surface area contributed by atoms with Crippen LogP contribution in [0.15, 0.2) is 29.6 Å². The van der Waals surface area contributed by atoms with Crippen LogP contribution in [0.1, 0.15) is 31.7 Å². The Bertz CT molecular complexity index is 616. The average Bonchev–Trinajstić information content (AvgIpc) is 2.96. The summed E-state index contributed by atoms with van der Waals surface area (Å²) in [7, 11) is 0. The van der Waals surface area contributed by atoms with Crippen LogP contribution in [0.4, 0.5) is 0 Å². The SMILES string of the molecule is CC1CCC(Cc2csc3ccccc23)(C(=O)O)C1. The predicted molar refractivity (Wildman–Crippen MR) is 78.6 cm³/mol. The zero-order valence-corrected chi connectivity index (χ0v) is 11.9. The van der Waals surface area contributed by atoms with Gasteiger partial charge in [0.2, 0.25) is 0 Å². The number of thiophene rings is 1. The number of benzene rings is 1. The van der Waals surface area contributed by atoms with Gasteiger partial charge in [-0.15, -0.1) is 11.3 Å². The molecule has 0 amide bonds. The Morgan fingerprint density at radius 3 is 2.95 bits per heavy atom. The van der Waals surface area contributed by atoms with Gasteiger partial charge in [-0.05, 0) is 54.0 Å². The summed E-state index contributed by atoms with van der Waals surface area (Å²) in [4.78, 5) is 11.7. The lowest BCUT2D eigenvalue weighted by molar-refractivity contribution is -0.148. The molecule has 1 aromatic carbocycles. The number of hydrogen-bond donors (Lipinski definition) is 1. The first-order valence-corrected chi connectivity index (χ1v) is 7.67. The van der Waals surface area contributed by atoms with Crippen LogP contribution in [-0.4, -0.2) is 11.1 Å². The molecule has 2 atom stereocenters. The van der Waals surface area contributed by atoms with Crippen LogP contribution < -0.4 is 0 Å². The van der Waals surface area contributed by atoms with Crippen LogP contribution in [0, 0.1) is 11.3 Å². The average molecular weight is 274 g/mol. The molecule has 0 radical (unpaired) electrons. The minimum absolute atomic E-state index is 0.529. The summed E-state index contributed by atoms with van der Waals surface area (Å²) < 4.78 is 1.25. The zero-order chi connectivity index (χ0) is 13.5. The first kappa shape index (κ1) is 12.7. The van der Waals surface area contributed by atoms with Gasteiger partial charge >= 0.3 is 5.97 Å². The van der Waals surface area contributed by atoms with Crippen molar-refractivity contribution in [2.75, 3.05) is 0 Å². The molecule has 3 rings (SSSR count). The lowest BCUT2D eigenvalue weighted by atomic mass is 9.79. The lowest BCUT2D eigenvalue weighted by Crippen LogP contribution is -2.30. The van der Waals surface area contributed by atoms with E-state index in [1.54, 1.807) is 11.3 Å². The zero-order valence-electron chi connectivity index (χ0n) is 11.1. The number of carbonyl (C=O) groups is 1. The third-order valence-electron chi connectivity index (χ3n) is 4.40. The highest BCUT2D eigenvalue weighted by Crippen LogP contribution is 2.45. The van der Waals surface area contributed by atoms with Crippen molar-refractivity contribution < 1.29 is 9.90 Å². The van der Waals surface area contributed by atoms with E-state index in [-0.39, 0.29) is 0 Å². The summed E-state index contributed by atoms with van der Waals surface area (Å²) in [6, 6.07) is 8.28. The number of carboxylic acids is 1. The molecule has 100 valence electrons. The summed E-state index contributed by atoms with van der Waals surface area (Å²) in [6.45, 7) is 2.16. The maximum Gasteiger partial charge on any atom is 0.309 e. The standard InChI is InChI=1S/C16H18O2S/c1-11-6-7-16(8-11,15(17)18)9-12-10-19-14-5-3-2-4-13(12)14/h2-5,10-11H,6-9H2,1H3,(H,17,18). The van der Waals surface area contributed by atoms with Gasteiger partial charge in [0.1, 0.15) is 0 Å². The van der Waals surface area contributed by atoms with Crippen molar-refractivity contribution in [1.29, 1.82) is 0 Å². The second kappa shape index (κ2) is 4.64. The number of rotatable bonds is 3. The van der Waals surface area contributed by atoms with Crippen LogP contribution >= 0.6 is 11.3 Å². The Morgan fingerprint density at radius 1 is 1.47 bits per heavy atom. The smallest absolute Gasteiger partial charge is 0.309 e. The molecule has 2 nitrogen and oxygen atoms in total. The molecule has 3 heteroatoms. The maximum atomic E-state index is 11.7. The van der Waals surface area contributed by atoms with Crippen LogP contribution in [0.25, 0.3) is 10.1 Å². The Morgan fingerprint density at radius 2 is 2.26 bits per heavy atom. The molecule has 1 fully saturated rings. The topological polar surface area (TPSA) is 37.3 Å². The fraction of sp³-hybridized carbons (Fsp3) is 0.438. The van der Waals surface area contributed by atoms with E-state index < -0.39 is 11.4 Å². The number of fused-ring (bicyclic) bond motifs is 1. The van der Waals surface area contributed by atoms with Gasteiger partial charge in [-0.1, -0.05) is 25.1 Å². The molecule has 2 unspecified atom stereocenters. The van der Waals surface area contributed by atoms with Crippen molar-refractivity contribution in [3.63, 3.8) is 0 Å². The van der Waals surface area contributed by atoms with Crippen LogP contribution in [0.3, 0.4) is 0 Å². The highest BCUT2D eigenvalue weighted by Gasteiger charge is 2.44.